The normalized spacial score (nSPS) is 10.3. The van der Waals surface area contributed by atoms with Gasteiger partial charge in [0, 0.05) is 18.4 Å². The van der Waals surface area contributed by atoms with Gasteiger partial charge in [-0.15, -0.1) is 0 Å². The van der Waals surface area contributed by atoms with Crippen LogP contribution in [0.2, 0.25) is 0 Å². The Morgan fingerprint density at radius 1 is 1.11 bits per heavy atom. The monoisotopic (exact) mass is 256 g/mol. The molecule has 0 aliphatic carbocycles. The molecule has 0 saturated carbocycles. The number of aryl methyl sites for hydroxylation is 2. The van der Waals surface area contributed by atoms with Crippen LogP contribution >= 0.6 is 0 Å². The van der Waals surface area contributed by atoms with Gasteiger partial charge in [-0.05, 0) is 49.6 Å². The topological polar surface area (TPSA) is 49.8 Å². The van der Waals surface area contributed by atoms with Crippen LogP contribution in [0.4, 0.5) is 17.5 Å². The quantitative estimate of drug-likeness (QED) is 0.857. The van der Waals surface area contributed by atoms with E-state index in [4.69, 9.17) is 0 Å². The summed E-state index contributed by atoms with van der Waals surface area (Å²) in [7, 11) is 0. The second-order valence-electron chi connectivity index (χ2n) is 4.69. The SMILES string of the molecule is CCCNc1nccc(Nc2cc(C)cc(C)c2)n1. The van der Waals surface area contributed by atoms with Gasteiger partial charge in [-0.2, -0.15) is 4.98 Å². The minimum Gasteiger partial charge on any atom is -0.354 e. The van der Waals surface area contributed by atoms with E-state index in [-0.39, 0.29) is 0 Å². The maximum Gasteiger partial charge on any atom is 0.224 e. The molecule has 0 unspecified atom stereocenters. The molecular weight excluding hydrogens is 236 g/mol. The van der Waals surface area contributed by atoms with E-state index in [1.165, 1.54) is 11.1 Å². The summed E-state index contributed by atoms with van der Waals surface area (Å²) in [6.45, 7) is 7.18. The Morgan fingerprint density at radius 3 is 2.53 bits per heavy atom. The lowest BCUT2D eigenvalue weighted by Crippen LogP contribution is -2.05. The predicted octanol–water partition coefficient (Wildman–Crippen LogP) is 3.66. The molecule has 1 aromatic carbocycles. The van der Waals surface area contributed by atoms with E-state index < -0.39 is 0 Å². The molecule has 0 saturated heterocycles. The third-order valence-electron chi connectivity index (χ3n) is 2.68. The lowest BCUT2D eigenvalue weighted by Gasteiger charge is -2.09. The van der Waals surface area contributed by atoms with Crippen LogP contribution in [0.3, 0.4) is 0 Å². The minimum atomic E-state index is 0.663. The van der Waals surface area contributed by atoms with Crippen LogP contribution in [0.25, 0.3) is 0 Å². The summed E-state index contributed by atoms with van der Waals surface area (Å²) < 4.78 is 0. The molecule has 0 aliphatic heterocycles. The van der Waals surface area contributed by atoms with E-state index in [1.807, 2.05) is 6.07 Å². The van der Waals surface area contributed by atoms with E-state index in [9.17, 15) is 0 Å². The molecule has 2 aromatic rings. The fourth-order valence-electron chi connectivity index (χ4n) is 1.95. The Morgan fingerprint density at radius 2 is 1.84 bits per heavy atom. The summed E-state index contributed by atoms with van der Waals surface area (Å²) >= 11 is 0. The number of nitrogens with zero attached hydrogens (tertiary/aromatic N) is 2. The van der Waals surface area contributed by atoms with Crippen molar-refractivity contribution in [3.63, 3.8) is 0 Å². The molecule has 0 atom stereocenters. The fourth-order valence-corrected chi connectivity index (χ4v) is 1.95. The smallest absolute Gasteiger partial charge is 0.224 e. The zero-order valence-electron chi connectivity index (χ0n) is 11.7. The second-order valence-corrected chi connectivity index (χ2v) is 4.69. The van der Waals surface area contributed by atoms with Gasteiger partial charge < -0.3 is 10.6 Å². The van der Waals surface area contributed by atoms with Gasteiger partial charge in [0.05, 0.1) is 0 Å². The lowest BCUT2D eigenvalue weighted by molar-refractivity contribution is 0.953. The van der Waals surface area contributed by atoms with Gasteiger partial charge in [-0.1, -0.05) is 13.0 Å². The highest BCUT2D eigenvalue weighted by Gasteiger charge is 2.00. The van der Waals surface area contributed by atoms with Crippen molar-refractivity contribution in [1.82, 2.24) is 9.97 Å². The molecule has 0 aliphatic rings. The van der Waals surface area contributed by atoms with Crippen molar-refractivity contribution in [2.75, 3.05) is 17.2 Å². The first kappa shape index (κ1) is 13.3. The first-order valence-corrected chi connectivity index (χ1v) is 6.59. The van der Waals surface area contributed by atoms with E-state index in [0.717, 1.165) is 24.5 Å². The van der Waals surface area contributed by atoms with E-state index in [1.54, 1.807) is 6.20 Å². The molecule has 19 heavy (non-hydrogen) atoms. The molecule has 0 bridgehead atoms. The van der Waals surface area contributed by atoms with Gasteiger partial charge in [0.2, 0.25) is 5.95 Å². The Labute approximate surface area is 114 Å². The highest BCUT2D eigenvalue weighted by atomic mass is 15.1. The van der Waals surface area contributed by atoms with Gasteiger partial charge in [-0.25, -0.2) is 4.98 Å². The Balaban J connectivity index is 2.13. The van der Waals surface area contributed by atoms with Gasteiger partial charge in [-0.3, -0.25) is 0 Å². The highest BCUT2D eigenvalue weighted by Crippen LogP contribution is 2.18. The largest absolute Gasteiger partial charge is 0.354 e. The van der Waals surface area contributed by atoms with E-state index in [0.29, 0.717) is 5.95 Å². The Kier molecular flexibility index (Phi) is 4.34. The molecule has 100 valence electrons. The number of aromatic nitrogens is 2. The summed E-state index contributed by atoms with van der Waals surface area (Å²) in [5, 5.41) is 6.49. The molecule has 0 amide bonds. The van der Waals surface area contributed by atoms with Gasteiger partial charge >= 0.3 is 0 Å². The first-order valence-electron chi connectivity index (χ1n) is 6.59. The van der Waals surface area contributed by atoms with Crippen LogP contribution in [0, 0.1) is 13.8 Å². The van der Waals surface area contributed by atoms with Crippen molar-refractivity contribution in [2.24, 2.45) is 0 Å². The lowest BCUT2D eigenvalue weighted by atomic mass is 10.1. The Hall–Kier alpha value is -2.10. The van der Waals surface area contributed by atoms with Crippen LogP contribution in [0.5, 0.6) is 0 Å². The zero-order valence-corrected chi connectivity index (χ0v) is 11.7. The molecule has 0 fully saturated rings. The number of rotatable bonds is 5. The first-order chi connectivity index (χ1) is 9.17. The summed E-state index contributed by atoms with van der Waals surface area (Å²) in [4.78, 5) is 8.62. The maximum atomic E-state index is 4.43. The van der Waals surface area contributed by atoms with Crippen molar-refractivity contribution >= 4 is 17.5 Å². The summed E-state index contributed by atoms with van der Waals surface area (Å²) in [5.74, 6) is 1.47. The standard InChI is InChI=1S/C15H20N4/c1-4-6-16-15-17-7-5-14(19-15)18-13-9-11(2)8-12(3)10-13/h5,7-10H,4,6H2,1-3H3,(H2,16,17,18,19). The molecule has 2 rings (SSSR count). The average molecular weight is 256 g/mol. The summed E-state index contributed by atoms with van der Waals surface area (Å²) in [6, 6.07) is 8.23. The number of hydrogen-bond acceptors (Lipinski definition) is 4. The van der Waals surface area contributed by atoms with Gasteiger partial charge in [0.25, 0.3) is 0 Å². The fraction of sp³-hybridized carbons (Fsp3) is 0.333. The van der Waals surface area contributed by atoms with Gasteiger partial charge in [0.15, 0.2) is 0 Å². The third-order valence-corrected chi connectivity index (χ3v) is 2.68. The molecular formula is C15H20N4. The molecule has 2 N–H and O–H groups in total. The molecule has 1 heterocycles. The summed E-state index contributed by atoms with van der Waals surface area (Å²) in [6.07, 6.45) is 2.81. The molecule has 0 radical (unpaired) electrons. The predicted molar refractivity (Wildman–Crippen MR) is 80.0 cm³/mol. The van der Waals surface area contributed by atoms with E-state index in [2.05, 4.69) is 59.6 Å². The zero-order chi connectivity index (χ0) is 13.7. The number of hydrogen-bond donors (Lipinski definition) is 2. The van der Waals surface area contributed by atoms with E-state index >= 15 is 0 Å². The van der Waals surface area contributed by atoms with Crippen LogP contribution in [-0.2, 0) is 0 Å². The Bertz CT molecular complexity index is 531. The van der Waals surface area contributed by atoms with Crippen molar-refractivity contribution in [3.05, 3.63) is 41.6 Å². The second kappa shape index (κ2) is 6.18. The third kappa shape index (κ3) is 3.95. The maximum absolute atomic E-state index is 4.43. The van der Waals surface area contributed by atoms with Crippen LogP contribution in [-0.4, -0.2) is 16.5 Å². The molecule has 0 spiro atoms. The number of benzene rings is 1. The van der Waals surface area contributed by atoms with Crippen molar-refractivity contribution in [2.45, 2.75) is 27.2 Å². The van der Waals surface area contributed by atoms with Crippen LogP contribution < -0.4 is 10.6 Å². The molecule has 1 aromatic heterocycles. The van der Waals surface area contributed by atoms with Gasteiger partial charge in [0.1, 0.15) is 5.82 Å². The van der Waals surface area contributed by atoms with Crippen LogP contribution in [0.15, 0.2) is 30.5 Å². The van der Waals surface area contributed by atoms with Crippen molar-refractivity contribution < 1.29 is 0 Å². The van der Waals surface area contributed by atoms with Crippen LogP contribution in [0.1, 0.15) is 24.5 Å². The number of anilines is 3. The summed E-state index contributed by atoms with van der Waals surface area (Å²) in [5.41, 5.74) is 3.53. The number of nitrogens with one attached hydrogen (secondary N) is 2. The van der Waals surface area contributed by atoms with Crippen molar-refractivity contribution in [1.29, 1.82) is 0 Å². The highest BCUT2D eigenvalue weighted by molar-refractivity contribution is 5.58. The van der Waals surface area contributed by atoms with Crippen molar-refractivity contribution in [3.8, 4) is 0 Å². The average Bonchev–Trinajstić information content (AvgIpc) is 2.35. The molecule has 4 nitrogen and oxygen atoms in total. The minimum absolute atomic E-state index is 0.663. The molecule has 4 heteroatoms.